The van der Waals surface area contributed by atoms with Gasteiger partial charge in [0.25, 0.3) is 0 Å². The van der Waals surface area contributed by atoms with Gasteiger partial charge in [0.15, 0.2) is 11.6 Å². The second-order valence-corrected chi connectivity index (χ2v) is 14.2. The molecule has 6 nitrogen and oxygen atoms in total. The number of nitrogens with zero attached hydrogens (tertiary/aromatic N) is 5. The van der Waals surface area contributed by atoms with Gasteiger partial charge in [-0.05, 0) is 48.5 Å². The quantitative estimate of drug-likeness (QED) is 0.178. The molecule has 0 saturated carbocycles. The molecule has 0 radical (unpaired) electrons. The minimum Gasteiger partial charge on any atom is -0.455 e. The van der Waals surface area contributed by atoms with Gasteiger partial charge in [-0.2, -0.15) is 0 Å². The Morgan fingerprint density at radius 3 is 1.77 bits per heavy atom. The van der Waals surface area contributed by atoms with Crippen LogP contribution in [0.2, 0.25) is 0 Å². The van der Waals surface area contributed by atoms with Gasteiger partial charge >= 0.3 is 0 Å². The van der Waals surface area contributed by atoms with E-state index in [0.29, 0.717) is 5.82 Å². The van der Waals surface area contributed by atoms with E-state index < -0.39 is 0 Å². The minimum atomic E-state index is 0.673. The third-order valence-electron chi connectivity index (χ3n) is 11.1. The summed E-state index contributed by atoms with van der Waals surface area (Å²) in [6, 6.07) is 65.9. The lowest BCUT2D eigenvalue weighted by Crippen LogP contribution is -2.06. The zero-order valence-electron chi connectivity index (χ0n) is 30.0. The third kappa shape index (κ3) is 4.38. The average Bonchev–Trinajstić information content (AvgIpc) is 4.04. The monoisotopic (exact) mass is 717 g/mol. The first-order chi connectivity index (χ1) is 27.8. The van der Waals surface area contributed by atoms with Gasteiger partial charge in [0.1, 0.15) is 11.2 Å². The van der Waals surface area contributed by atoms with Gasteiger partial charge in [0, 0.05) is 38.1 Å². The molecule has 262 valence electrons. The summed E-state index contributed by atoms with van der Waals surface area (Å²) in [6.45, 7) is 0. The molecule has 0 amide bonds. The number of furan rings is 1. The Labute approximate surface area is 320 Å². The van der Waals surface area contributed by atoms with E-state index in [1.165, 1.54) is 0 Å². The number of benzene rings is 8. The zero-order valence-corrected chi connectivity index (χ0v) is 30.0. The third-order valence-corrected chi connectivity index (χ3v) is 11.1. The van der Waals surface area contributed by atoms with Crippen LogP contribution in [-0.4, -0.2) is 23.9 Å². The van der Waals surface area contributed by atoms with E-state index >= 15 is 0 Å². The number of rotatable bonds is 5. The molecule has 4 heterocycles. The van der Waals surface area contributed by atoms with Crippen LogP contribution in [0.3, 0.4) is 0 Å². The first-order valence-electron chi connectivity index (χ1n) is 18.9. The maximum atomic E-state index is 6.65. The van der Waals surface area contributed by atoms with E-state index in [0.717, 1.165) is 99.6 Å². The van der Waals surface area contributed by atoms with Crippen LogP contribution in [0.1, 0.15) is 0 Å². The number of fused-ring (bicyclic) bond motifs is 10. The Morgan fingerprint density at radius 2 is 0.982 bits per heavy atom. The van der Waals surface area contributed by atoms with Crippen molar-refractivity contribution in [3.8, 4) is 39.8 Å². The summed E-state index contributed by atoms with van der Waals surface area (Å²) in [5.41, 5.74) is 11.1. The minimum absolute atomic E-state index is 0.673. The largest absolute Gasteiger partial charge is 0.455 e. The van der Waals surface area contributed by atoms with Gasteiger partial charge < -0.3 is 13.6 Å². The Bertz CT molecular complexity index is 3480. The van der Waals surface area contributed by atoms with E-state index in [1.54, 1.807) is 0 Å². The number of hydrogen-bond donors (Lipinski definition) is 0. The van der Waals surface area contributed by atoms with Gasteiger partial charge in [-0.1, -0.05) is 140 Å². The molecule has 8 aromatic carbocycles. The van der Waals surface area contributed by atoms with Gasteiger partial charge in [-0.3, -0.25) is 0 Å². The highest BCUT2D eigenvalue weighted by atomic mass is 16.3. The summed E-state index contributed by atoms with van der Waals surface area (Å²) in [7, 11) is 0. The smallest absolute Gasteiger partial charge is 0.182 e. The number of aromatic nitrogens is 5. The van der Waals surface area contributed by atoms with Crippen LogP contribution >= 0.6 is 0 Å². The molecule has 0 spiro atoms. The lowest BCUT2D eigenvalue weighted by Gasteiger charge is -2.18. The van der Waals surface area contributed by atoms with Crippen molar-refractivity contribution in [2.24, 2.45) is 0 Å². The van der Waals surface area contributed by atoms with Crippen LogP contribution in [0.4, 0.5) is 0 Å². The Kier molecular flexibility index (Phi) is 6.53. The Balaban J connectivity index is 1.18. The van der Waals surface area contributed by atoms with E-state index in [4.69, 9.17) is 14.5 Å². The van der Waals surface area contributed by atoms with Crippen LogP contribution in [0.5, 0.6) is 0 Å². The van der Waals surface area contributed by atoms with Crippen molar-refractivity contribution in [3.63, 3.8) is 0 Å². The SMILES string of the molecule is c1ccc(-c2nc(-c3ccccc3)n(-c3cccc4c5ccccc5n(-c5ccccc5-n5c6ccccc6c6c7oc8ccccc8c7ccc65)c34)n2)cc1. The highest BCUT2D eigenvalue weighted by Crippen LogP contribution is 2.43. The molecule has 12 rings (SSSR count). The molecule has 12 aromatic rings. The molecular weight excluding hydrogens is 687 g/mol. The first kappa shape index (κ1) is 30.7. The predicted molar refractivity (Wildman–Crippen MR) is 228 cm³/mol. The lowest BCUT2D eigenvalue weighted by atomic mass is 10.1. The topological polar surface area (TPSA) is 53.7 Å². The molecule has 0 atom stereocenters. The molecular formula is C50H31N5O. The number of hydrogen-bond acceptors (Lipinski definition) is 3. The molecule has 0 unspecified atom stereocenters. The highest BCUT2D eigenvalue weighted by Gasteiger charge is 2.24. The second-order valence-electron chi connectivity index (χ2n) is 14.2. The van der Waals surface area contributed by atoms with Crippen molar-refractivity contribution in [1.82, 2.24) is 23.9 Å². The normalized spacial score (nSPS) is 11.9. The fourth-order valence-electron chi connectivity index (χ4n) is 8.72. The Morgan fingerprint density at radius 1 is 0.393 bits per heavy atom. The fourth-order valence-corrected chi connectivity index (χ4v) is 8.72. The summed E-state index contributed by atoms with van der Waals surface area (Å²) >= 11 is 0. The highest BCUT2D eigenvalue weighted by molar-refractivity contribution is 6.24. The summed E-state index contributed by atoms with van der Waals surface area (Å²) in [6.07, 6.45) is 0. The van der Waals surface area contributed by atoms with Crippen molar-refractivity contribution in [2.75, 3.05) is 0 Å². The summed E-state index contributed by atoms with van der Waals surface area (Å²) in [5, 5.41) is 12.1. The lowest BCUT2D eigenvalue weighted by molar-refractivity contribution is 0.673. The Hall–Kier alpha value is -7.70. The van der Waals surface area contributed by atoms with Crippen LogP contribution in [0, 0.1) is 0 Å². The van der Waals surface area contributed by atoms with Crippen molar-refractivity contribution in [3.05, 3.63) is 188 Å². The van der Waals surface area contributed by atoms with Crippen LogP contribution < -0.4 is 0 Å². The van der Waals surface area contributed by atoms with Crippen molar-refractivity contribution in [2.45, 2.75) is 0 Å². The van der Waals surface area contributed by atoms with Crippen LogP contribution in [0.15, 0.2) is 192 Å². The number of para-hydroxylation sites is 6. The van der Waals surface area contributed by atoms with Crippen molar-refractivity contribution in [1.29, 1.82) is 0 Å². The second kappa shape index (κ2) is 11.9. The average molecular weight is 718 g/mol. The molecule has 0 aliphatic heterocycles. The molecule has 56 heavy (non-hydrogen) atoms. The molecule has 4 aromatic heterocycles. The molecule has 0 fully saturated rings. The van der Waals surface area contributed by atoms with E-state index in [1.807, 2.05) is 35.0 Å². The van der Waals surface area contributed by atoms with Gasteiger partial charge in [0.2, 0.25) is 0 Å². The maximum absolute atomic E-state index is 6.65. The molecule has 0 aliphatic carbocycles. The van der Waals surface area contributed by atoms with E-state index in [-0.39, 0.29) is 0 Å². The summed E-state index contributed by atoms with van der Waals surface area (Å²) in [5.74, 6) is 1.45. The van der Waals surface area contributed by atoms with Crippen LogP contribution in [0.25, 0.3) is 105 Å². The first-order valence-corrected chi connectivity index (χ1v) is 18.9. The molecule has 6 heteroatoms. The molecule has 0 bridgehead atoms. The fraction of sp³-hybridized carbons (Fsp3) is 0. The molecule has 0 N–H and O–H groups in total. The zero-order chi connectivity index (χ0) is 36.7. The maximum Gasteiger partial charge on any atom is 0.182 e. The molecule has 0 saturated heterocycles. The van der Waals surface area contributed by atoms with Crippen LogP contribution in [-0.2, 0) is 0 Å². The van der Waals surface area contributed by atoms with Gasteiger partial charge in [0.05, 0.1) is 44.5 Å². The van der Waals surface area contributed by atoms with Crippen molar-refractivity contribution < 1.29 is 4.42 Å². The van der Waals surface area contributed by atoms with Gasteiger partial charge in [-0.15, -0.1) is 5.10 Å². The summed E-state index contributed by atoms with van der Waals surface area (Å²) < 4.78 is 13.5. The van der Waals surface area contributed by atoms with Crippen molar-refractivity contribution >= 4 is 65.6 Å². The predicted octanol–water partition coefficient (Wildman–Crippen LogP) is 12.7. The van der Waals surface area contributed by atoms with E-state index in [2.05, 4.69) is 167 Å². The molecule has 0 aliphatic rings. The summed E-state index contributed by atoms with van der Waals surface area (Å²) in [4.78, 5) is 5.19. The standard InChI is InChI=1S/C50H31N5O/c1-3-16-32(17-4-1)49-51-50(33-18-5-2-6-19-33)55(52-49)44-28-15-23-36-34-20-7-10-24-39(34)54(47(36)44)42-27-13-12-26-41(42)53-40-25-11-8-22-38(40)46-43(53)31-30-37-35-21-9-14-29-45(35)56-48(37)46/h1-31H. The van der Waals surface area contributed by atoms with E-state index in [9.17, 15) is 0 Å². The van der Waals surface area contributed by atoms with Gasteiger partial charge in [-0.25, -0.2) is 9.67 Å².